The van der Waals surface area contributed by atoms with E-state index in [9.17, 15) is 0 Å². The fourth-order valence-corrected chi connectivity index (χ4v) is 3.78. The van der Waals surface area contributed by atoms with Crippen molar-refractivity contribution in [1.29, 1.82) is 0 Å². The molecule has 0 unspecified atom stereocenters. The molecule has 1 saturated heterocycles. The number of rotatable bonds is 7. The van der Waals surface area contributed by atoms with E-state index in [4.69, 9.17) is 5.10 Å². The van der Waals surface area contributed by atoms with E-state index in [0.717, 1.165) is 57.3 Å². The SMILES string of the molecule is Cc1cc(-c2ccccc2)n(CCCCN2CCN(c3ncccn3)CC2)n1. The average Bonchev–Trinajstić information content (AvgIpc) is 3.13. The average molecular weight is 377 g/mol. The van der Waals surface area contributed by atoms with Crippen LogP contribution < -0.4 is 4.90 Å². The van der Waals surface area contributed by atoms with Gasteiger partial charge in [-0.1, -0.05) is 30.3 Å². The van der Waals surface area contributed by atoms with E-state index >= 15 is 0 Å². The van der Waals surface area contributed by atoms with Crippen LogP contribution in [0.15, 0.2) is 54.9 Å². The topological polar surface area (TPSA) is 50.1 Å². The molecule has 0 bridgehead atoms. The first-order valence-corrected chi connectivity index (χ1v) is 10.1. The quantitative estimate of drug-likeness (QED) is 0.593. The van der Waals surface area contributed by atoms with Crippen LogP contribution >= 0.6 is 0 Å². The molecule has 0 radical (unpaired) electrons. The third kappa shape index (κ3) is 4.57. The summed E-state index contributed by atoms with van der Waals surface area (Å²) in [6.07, 6.45) is 5.96. The van der Waals surface area contributed by atoms with Gasteiger partial charge in [0, 0.05) is 45.1 Å². The van der Waals surface area contributed by atoms with Gasteiger partial charge in [0.05, 0.1) is 11.4 Å². The number of aryl methyl sites for hydroxylation is 2. The fourth-order valence-electron chi connectivity index (χ4n) is 3.78. The highest BCUT2D eigenvalue weighted by Crippen LogP contribution is 2.20. The van der Waals surface area contributed by atoms with Crippen LogP contribution in [-0.2, 0) is 6.54 Å². The number of piperazine rings is 1. The Morgan fingerprint density at radius 1 is 0.857 bits per heavy atom. The van der Waals surface area contributed by atoms with Crippen molar-refractivity contribution in [3.8, 4) is 11.3 Å². The van der Waals surface area contributed by atoms with Crippen molar-refractivity contribution in [1.82, 2.24) is 24.6 Å². The highest BCUT2D eigenvalue weighted by Gasteiger charge is 2.18. The van der Waals surface area contributed by atoms with Crippen LogP contribution in [0.1, 0.15) is 18.5 Å². The lowest BCUT2D eigenvalue weighted by atomic mass is 10.1. The third-order valence-electron chi connectivity index (χ3n) is 5.27. The first-order chi connectivity index (χ1) is 13.8. The molecule has 6 nitrogen and oxygen atoms in total. The lowest BCUT2D eigenvalue weighted by Gasteiger charge is -2.34. The van der Waals surface area contributed by atoms with Crippen LogP contribution in [-0.4, -0.2) is 57.4 Å². The molecule has 1 aliphatic rings. The molecule has 146 valence electrons. The van der Waals surface area contributed by atoms with Crippen molar-refractivity contribution in [3.63, 3.8) is 0 Å². The molecule has 1 fully saturated rings. The van der Waals surface area contributed by atoms with Gasteiger partial charge in [-0.3, -0.25) is 9.58 Å². The van der Waals surface area contributed by atoms with E-state index in [1.165, 1.54) is 17.7 Å². The van der Waals surface area contributed by atoms with Crippen molar-refractivity contribution in [2.45, 2.75) is 26.3 Å². The molecule has 3 aromatic rings. The Morgan fingerprint density at radius 3 is 2.32 bits per heavy atom. The maximum absolute atomic E-state index is 4.70. The lowest BCUT2D eigenvalue weighted by molar-refractivity contribution is 0.250. The molecule has 4 rings (SSSR count). The van der Waals surface area contributed by atoms with E-state index in [-0.39, 0.29) is 0 Å². The summed E-state index contributed by atoms with van der Waals surface area (Å²) in [5, 5.41) is 4.70. The van der Waals surface area contributed by atoms with Crippen LogP contribution in [0, 0.1) is 6.92 Å². The summed E-state index contributed by atoms with van der Waals surface area (Å²) in [7, 11) is 0. The minimum Gasteiger partial charge on any atom is -0.338 e. The molecule has 1 aliphatic heterocycles. The Balaban J connectivity index is 1.23. The van der Waals surface area contributed by atoms with Gasteiger partial charge in [-0.05, 0) is 44.0 Å². The van der Waals surface area contributed by atoms with E-state index in [0.29, 0.717) is 0 Å². The summed E-state index contributed by atoms with van der Waals surface area (Å²) in [6, 6.07) is 14.6. The summed E-state index contributed by atoms with van der Waals surface area (Å²) in [5.74, 6) is 0.852. The zero-order chi connectivity index (χ0) is 19.2. The zero-order valence-electron chi connectivity index (χ0n) is 16.5. The molecule has 0 saturated carbocycles. The molecule has 6 heteroatoms. The van der Waals surface area contributed by atoms with Crippen LogP contribution in [0.3, 0.4) is 0 Å². The Kier molecular flexibility index (Phi) is 5.97. The van der Waals surface area contributed by atoms with Gasteiger partial charge in [0.15, 0.2) is 0 Å². The number of anilines is 1. The first kappa shape index (κ1) is 18.6. The molecule has 0 aliphatic carbocycles. The molecule has 0 atom stereocenters. The number of benzene rings is 1. The van der Waals surface area contributed by atoms with Gasteiger partial charge in [-0.2, -0.15) is 5.10 Å². The predicted octanol–water partition coefficient (Wildman–Crippen LogP) is 3.25. The maximum Gasteiger partial charge on any atom is 0.225 e. The molecule has 0 N–H and O–H groups in total. The second kappa shape index (κ2) is 8.97. The monoisotopic (exact) mass is 376 g/mol. The van der Waals surface area contributed by atoms with Crippen molar-refractivity contribution in [3.05, 3.63) is 60.6 Å². The van der Waals surface area contributed by atoms with Gasteiger partial charge < -0.3 is 4.90 Å². The second-order valence-corrected chi connectivity index (χ2v) is 7.34. The summed E-state index contributed by atoms with van der Waals surface area (Å²) >= 11 is 0. The molecular weight excluding hydrogens is 348 g/mol. The standard InChI is InChI=1S/C22H28N6/c1-19-18-21(20-8-3-2-4-9-20)28(25-19)13-6-5-12-26-14-16-27(17-15-26)22-23-10-7-11-24-22/h2-4,7-11,18H,5-6,12-17H2,1H3. The Bertz CT molecular complexity index is 853. The predicted molar refractivity (Wildman–Crippen MR) is 112 cm³/mol. The molecule has 1 aromatic carbocycles. The van der Waals surface area contributed by atoms with Gasteiger partial charge in [0.2, 0.25) is 5.95 Å². The maximum atomic E-state index is 4.70. The Labute approximate surface area is 166 Å². The normalized spacial score (nSPS) is 15.1. The Morgan fingerprint density at radius 2 is 1.57 bits per heavy atom. The van der Waals surface area contributed by atoms with Gasteiger partial charge in [-0.15, -0.1) is 0 Å². The molecule has 0 spiro atoms. The van der Waals surface area contributed by atoms with Gasteiger partial charge in [-0.25, -0.2) is 9.97 Å². The number of hydrogen-bond donors (Lipinski definition) is 0. The van der Waals surface area contributed by atoms with Crippen LogP contribution in [0.2, 0.25) is 0 Å². The largest absolute Gasteiger partial charge is 0.338 e. The molecule has 0 amide bonds. The second-order valence-electron chi connectivity index (χ2n) is 7.34. The summed E-state index contributed by atoms with van der Waals surface area (Å²) < 4.78 is 2.16. The molecular formula is C22H28N6. The molecule has 2 aromatic heterocycles. The van der Waals surface area contributed by atoms with E-state index in [1.807, 2.05) is 18.5 Å². The number of unbranched alkanes of at least 4 members (excludes halogenated alkanes) is 1. The molecule has 28 heavy (non-hydrogen) atoms. The van der Waals surface area contributed by atoms with E-state index < -0.39 is 0 Å². The summed E-state index contributed by atoms with van der Waals surface area (Å²) in [4.78, 5) is 13.5. The van der Waals surface area contributed by atoms with Crippen molar-refractivity contribution >= 4 is 5.95 Å². The van der Waals surface area contributed by atoms with Crippen LogP contribution in [0.25, 0.3) is 11.3 Å². The summed E-state index contributed by atoms with van der Waals surface area (Å²) in [5.41, 5.74) is 3.54. The van der Waals surface area contributed by atoms with Gasteiger partial charge >= 0.3 is 0 Å². The number of aromatic nitrogens is 4. The lowest BCUT2D eigenvalue weighted by Crippen LogP contribution is -2.47. The van der Waals surface area contributed by atoms with E-state index in [1.54, 1.807) is 0 Å². The smallest absolute Gasteiger partial charge is 0.225 e. The Hall–Kier alpha value is -2.73. The number of nitrogens with zero attached hydrogens (tertiary/aromatic N) is 6. The van der Waals surface area contributed by atoms with Crippen LogP contribution in [0.4, 0.5) is 5.95 Å². The van der Waals surface area contributed by atoms with Crippen LogP contribution in [0.5, 0.6) is 0 Å². The van der Waals surface area contributed by atoms with Crippen molar-refractivity contribution < 1.29 is 0 Å². The summed E-state index contributed by atoms with van der Waals surface area (Å²) in [6.45, 7) is 8.34. The molecule has 3 heterocycles. The zero-order valence-corrected chi connectivity index (χ0v) is 16.5. The first-order valence-electron chi connectivity index (χ1n) is 10.1. The number of hydrogen-bond acceptors (Lipinski definition) is 5. The minimum atomic E-state index is 0.852. The van der Waals surface area contributed by atoms with Gasteiger partial charge in [0.25, 0.3) is 0 Å². The van der Waals surface area contributed by atoms with E-state index in [2.05, 4.69) is 67.8 Å². The van der Waals surface area contributed by atoms with Crippen molar-refractivity contribution in [2.75, 3.05) is 37.6 Å². The third-order valence-corrected chi connectivity index (χ3v) is 5.27. The van der Waals surface area contributed by atoms with Crippen molar-refractivity contribution in [2.24, 2.45) is 0 Å². The van der Waals surface area contributed by atoms with Gasteiger partial charge in [0.1, 0.15) is 0 Å². The highest BCUT2D eigenvalue weighted by atomic mass is 15.3. The fraction of sp³-hybridized carbons (Fsp3) is 0.409. The minimum absolute atomic E-state index is 0.852. The highest BCUT2D eigenvalue weighted by molar-refractivity contribution is 5.59.